The molecule has 0 fully saturated rings. The van der Waals surface area contributed by atoms with E-state index in [1.165, 1.54) is 6.42 Å². The van der Waals surface area contributed by atoms with Crippen molar-refractivity contribution in [2.75, 3.05) is 0 Å². The molecule has 0 rings (SSSR count). The molecular weight excluding hydrogens is 156 g/mol. The average molecular weight is 178 g/mol. The van der Waals surface area contributed by atoms with Gasteiger partial charge in [0.05, 0.1) is 0 Å². The number of unbranched alkanes of at least 4 members (excludes halogenated alkanes) is 1. The molecule has 2 radical (unpaired) electrons. The zero-order chi connectivity index (χ0) is 10.1. The topological polar surface area (TPSA) is 0 Å². The van der Waals surface area contributed by atoms with Gasteiger partial charge in [0.2, 0.25) is 0 Å². The van der Waals surface area contributed by atoms with E-state index >= 15 is 0 Å². The van der Waals surface area contributed by atoms with E-state index < -0.39 is 0 Å². The van der Waals surface area contributed by atoms with Gasteiger partial charge in [-0.05, 0) is 25.2 Å². The van der Waals surface area contributed by atoms with Crippen LogP contribution in [0.1, 0.15) is 46.0 Å². The first-order valence-electron chi connectivity index (χ1n) is 5.36. The van der Waals surface area contributed by atoms with Crippen molar-refractivity contribution in [1.29, 1.82) is 0 Å². The van der Waals surface area contributed by atoms with E-state index in [0.717, 1.165) is 25.7 Å². The van der Waals surface area contributed by atoms with E-state index in [1.807, 2.05) is 0 Å². The van der Waals surface area contributed by atoms with Crippen LogP contribution in [0.15, 0.2) is 0 Å². The SMILES string of the molecule is [CH2]CCC#CC(CC)C(C[CH2])CC. The van der Waals surface area contributed by atoms with Crippen molar-refractivity contribution in [1.82, 2.24) is 0 Å². The maximum absolute atomic E-state index is 3.97. The first-order valence-corrected chi connectivity index (χ1v) is 5.36. The van der Waals surface area contributed by atoms with Gasteiger partial charge in [-0.3, -0.25) is 0 Å². The Morgan fingerprint density at radius 2 is 1.85 bits per heavy atom. The van der Waals surface area contributed by atoms with Crippen LogP contribution >= 0.6 is 0 Å². The third-order valence-corrected chi connectivity index (χ3v) is 2.49. The molecule has 0 aromatic rings. The molecule has 0 aliphatic rings. The zero-order valence-corrected chi connectivity index (χ0v) is 9.10. The highest BCUT2D eigenvalue weighted by atomic mass is 14.2. The molecule has 0 aromatic heterocycles. The molecule has 0 heteroatoms. The Labute approximate surface area is 84.1 Å². The molecule has 0 amide bonds. The van der Waals surface area contributed by atoms with E-state index in [1.54, 1.807) is 0 Å². The summed E-state index contributed by atoms with van der Waals surface area (Å²) in [5.74, 6) is 7.77. The molecule has 0 saturated heterocycles. The van der Waals surface area contributed by atoms with Crippen LogP contribution in [0.2, 0.25) is 0 Å². The summed E-state index contributed by atoms with van der Waals surface area (Å²) >= 11 is 0. The van der Waals surface area contributed by atoms with E-state index in [-0.39, 0.29) is 0 Å². The van der Waals surface area contributed by atoms with Crippen LogP contribution in [0.3, 0.4) is 0 Å². The van der Waals surface area contributed by atoms with Crippen molar-refractivity contribution in [3.8, 4) is 11.8 Å². The van der Waals surface area contributed by atoms with Crippen molar-refractivity contribution in [2.45, 2.75) is 46.0 Å². The minimum Gasteiger partial charge on any atom is -0.103 e. The fourth-order valence-electron chi connectivity index (χ4n) is 1.53. The summed E-state index contributed by atoms with van der Waals surface area (Å²) in [7, 11) is 0. The van der Waals surface area contributed by atoms with Gasteiger partial charge >= 0.3 is 0 Å². The Bertz CT molecular complexity index is 155. The standard InChI is InChI=1S/C13H22/c1-5-9-10-11-13(8-4)12(6-2)7-3/h12-13H,1-2,5-9H2,3-4H3. The Morgan fingerprint density at radius 1 is 1.15 bits per heavy atom. The van der Waals surface area contributed by atoms with Gasteiger partial charge in [-0.1, -0.05) is 40.0 Å². The maximum Gasteiger partial charge on any atom is 0.0228 e. The molecule has 0 nitrogen and oxygen atoms in total. The van der Waals surface area contributed by atoms with Crippen LogP contribution in [0.25, 0.3) is 0 Å². The van der Waals surface area contributed by atoms with Crippen molar-refractivity contribution >= 4 is 0 Å². The van der Waals surface area contributed by atoms with Crippen molar-refractivity contribution < 1.29 is 0 Å². The van der Waals surface area contributed by atoms with Gasteiger partial charge in [-0.15, -0.1) is 5.92 Å². The predicted octanol–water partition coefficient (Wildman–Crippen LogP) is 3.88. The summed E-state index contributed by atoms with van der Waals surface area (Å²) in [6.07, 6.45) is 5.21. The molecule has 2 unspecified atom stereocenters. The fourth-order valence-corrected chi connectivity index (χ4v) is 1.53. The molecule has 0 saturated carbocycles. The summed E-state index contributed by atoms with van der Waals surface area (Å²) in [6.45, 7) is 12.2. The zero-order valence-electron chi connectivity index (χ0n) is 9.10. The molecule has 2 atom stereocenters. The summed E-state index contributed by atoms with van der Waals surface area (Å²) in [6, 6.07) is 0. The van der Waals surface area contributed by atoms with Crippen molar-refractivity contribution in [3.05, 3.63) is 13.8 Å². The molecule has 74 valence electrons. The fraction of sp³-hybridized carbons (Fsp3) is 0.692. The van der Waals surface area contributed by atoms with Crippen LogP contribution < -0.4 is 0 Å². The van der Waals surface area contributed by atoms with E-state index in [4.69, 9.17) is 0 Å². The Balaban J connectivity index is 4.08. The lowest BCUT2D eigenvalue weighted by Crippen LogP contribution is -2.10. The lowest BCUT2D eigenvalue weighted by atomic mass is 9.86. The summed E-state index contributed by atoms with van der Waals surface area (Å²) < 4.78 is 0. The molecule has 13 heavy (non-hydrogen) atoms. The molecule has 0 aromatic carbocycles. The van der Waals surface area contributed by atoms with Crippen LogP contribution in [-0.4, -0.2) is 0 Å². The minimum absolute atomic E-state index is 0.550. The Hall–Kier alpha value is -0.440. The van der Waals surface area contributed by atoms with Gasteiger partial charge < -0.3 is 0 Å². The van der Waals surface area contributed by atoms with E-state index in [9.17, 15) is 0 Å². The van der Waals surface area contributed by atoms with Gasteiger partial charge in [0, 0.05) is 12.3 Å². The van der Waals surface area contributed by atoms with Gasteiger partial charge in [-0.25, -0.2) is 0 Å². The first kappa shape index (κ1) is 12.6. The average Bonchev–Trinajstić information content (AvgIpc) is 2.17. The van der Waals surface area contributed by atoms with Crippen LogP contribution in [0.5, 0.6) is 0 Å². The second-order valence-electron chi connectivity index (χ2n) is 3.40. The second kappa shape index (κ2) is 8.17. The highest BCUT2D eigenvalue weighted by Gasteiger charge is 2.13. The van der Waals surface area contributed by atoms with Crippen LogP contribution in [0.4, 0.5) is 0 Å². The lowest BCUT2D eigenvalue weighted by Gasteiger charge is -2.18. The number of rotatable bonds is 5. The quantitative estimate of drug-likeness (QED) is 0.560. The second-order valence-corrected chi connectivity index (χ2v) is 3.40. The Kier molecular flexibility index (Phi) is 7.90. The van der Waals surface area contributed by atoms with Gasteiger partial charge in [0.1, 0.15) is 0 Å². The predicted molar refractivity (Wildman–Crippen MR) is 59.9 cm³/mol. The molecule has 0 bridgehead atoms. The van der Waals surface area contributed by atoms with Gasteiger partial charge in [0.15, 0.2) is 0 Å². The third kappa shape index (κ3) is 4.98. The summed E-state index contributed by atoms with van der Waals surface area (Å²) in [5, 5.41) is 0. The Morgan fingerprint density at radius 3 is 2.23 bits per heavy atom. The van der Waals surface area contributed by atoms with Crippen molar-refractivity contribution in [2.24, 2.45) is 11.8 Å². The highest BCUT2D eigenvalue weighted by Crippen LogP contribution is 2.21. The minimum atomic E-state index is 0.550. The largest absolute Gasteiger partial charge is 0.103 e. The number of hydrogen-bond acceptors (Lipinski definition) is 0. The maximum atomic E-state index is 3.97. The molecular formula is C13H22. The monoisotopic (exact) mass is 178 g/mol. The van der Waals surface area contributed by atoms with Gasteiger partial charge in [-0.2, -0.15) is 0 Å². The van der Waals surface area contributed by atoms with Crippen molar-refractivity contribution in [3.63, 3.8) is 0 Å². The van der Waals surface area contributed by atoms with Gasteiger partial charge in [0.25, 0.3) is 0 Å². The first-order chi connectivity index (χ1) is 6.29. The molecule has 0 heterocycles. The normalized spacial score (nSPS) is 12.4. The molecule has 0 aliphatic heterocycles. The highest BCUT2D eigenvalue weighted by molar-refractivity contribution is 5.05. The third-order valence-electron chi connectivity index (χ3n) is 2.49. The molecule has 0 spiro atoms. The van der Waals surface area contributed by atoms with Crippen LogP contribution in [-0.2, 0) is 0 Å². The lowest BCUT2D eigenvalue weighted by molar-refractivity contribution is 0.387. The van der Waals surface area contributed by atoms with E-state index in [2.05, 4.69) is 39.5 Å². The number of hydrogen-bond donors (Lipinski definition) is 0. The smallest absolute Gasteiger partial charge is 0.0228 e. The summed E-state index contributed by atoms with van der Waals surface area (Å²) in [5.41, 5.74) is 0. The molecule has 0 N–H and O–H groups in total. The van der Waals surface area contributed by atoms with Crippen LogP contribution in [0, 0.1) is 37.5 Å². The molecule has 0 aliphatic carbocycles. The van der Waals surface area contributed by atoms with E-state index in [0.29, 0.717) is 11.8 Å². The summed E-state index contributed by atoms with van der Waals surface area (Å²) in [4.78, 5) is 0.